The first-order valence-electron chi connectivity index (χ1n) is 3.17. The second-order valence-electron chi connectivity index (χ2n) is 2.41. The molecule has 4 heteroatoms. The molecule has 0 bridgehead atoms. The zero-order valence-corrected chi connectivity index (χ0v) is 6.17. The van der Waals surface area contributed by atoms with Crippen LogP contribution < -0.4 is 5.73 Å². The maximum absolute atomic E-state index is 10.9. The number of β-lactam (4-membered cyclic amide) rings is 1. The Labute approximate surface area is 63.2 Å². The van der Waals surface area contributed by atoms with Crippen LogP contribution in [0.1, 0.15) is 0 Å². The lowest BCUT2D eigenvalue weighted by molar-refractivity contribution is -0.143. The van der Waals surface area contributed by atoms with Gasteiger partial charge in [0, 0.05) is 6.54 Å². The van der Waals surface area contributed by atoms with Gasteiger partial charge in [-0.15, -0.1) is 11.8 Å². The molecule has 1 fully saturated rings. The summed E-state index contributed by atoms with van der Waals surface area (Å²) in [6.07, 6.45) is 1.98. The number of carbonyl (C=O) groups is 1. The van der Waals surface area contributed by atoms with Crippen LogP contribution in [0.2, 0.25) is 0 Å². The van der Waals surface area contributed by atoms with E-state index in [0.29, 0.717) is 0 Å². The van der Waals surface area contributed by atoms with Gasteiger partial charge in [-0.1, -0.05) is 6.08 Å². The highest BCUT2D eigenvalue weighted by atomic mass is 32.2. The third-order valence-electron chi connectivity index (χ3n) is 1.80. The molecule has 2 N–H and O–H groups in total. The number of nitrogens with two attached hydrogens (primary N) is 1. The summed E-state index contributed by atoms with van der Waals surface area (Å²) in [7, 11) is 0. The monoisotopic (exact) mass is 156 g/mol. The lowest BCUT2D eigenvalue weighted by Crippen LogP contribution is -2.67. The fourth-order valence-corrected chi connectivity index (χ4v) is 2.18. The molecule has 2 aliphatic rings. The van der Waals surface area contributed by atoms with E-state index in [1.165, 1.54) is 0 Å². The normalized spacial score (nSPS) is 37.3. The number of nitrogens with zero attached hydrogens (tertiary/aromatic N) is 1. The average Bonchev–Trinajstić information content (AvgIpc) is 2.03. The Morgan fingerprint density at radius 1 is 1.80 bits per heavy atom. The van der Waals surface area contributed by atoms with Gasteiger partial charge < -0.3 is 10.6 Å². The van der Waals surface area contributed by atoms with Gasteiger partial charge in [-0.25, -0.2) is 0 Å². The molecular formula is C6H8N2OS. The maximum Gasteiger partial charge on any atom is 0.243 e. The van der Waals surface area contributed by atoms with E-state index in [0.717, 1.165) is 6.54 Å². The fraction of sp³-hybridized carbons (Fsp3) is 0.500. The first-order valence-corrected chi connectivity index (χ1v) is 4.11. The number of carbonyl (C=O) groups excluding carboxylic acids is 1. The molecule has 0 aromatic rings. The van der Waals surface area contributed by atoms with E-state index in [4.69, 9.17) is 5.73 Å². The molecule has 1 amide bonds. The van der Waals surface area contributed by atoms with Crippen molar-refractivity contribution in [2.45, 2.75) is 11.4 Å². The van der Waals surface area contributed by atoms with Crippen molar-refractivity contribution in [3.8, 4) is 0 Å². The molecule has 0 aliphatic carbocycles. The fourth-order valence-electron chi connectivity index (χ4n) is 1.20. The van der Waals surface area contributed by atoms with Crippen LogP contribution in [0, 0.1) is 0 Å². The van der Waals surface area contributed by atoms with Gasteiger partial charge >= 0.3 is 0 Å². The topological polar surface area (TPSA) is 46.3 Å². The molecular weight excluding hydrogens is 148 g/mol. The Morgan fingerprint density at radius 3 is 3.30 bits per heavy atom. The van der Waals surface area contributed by atoms with Crippen LogP contribution in [-0.4, -0.2) is 28.8 Å². The SMILES string of the molecule is NC1C(=O)N2CC=CS[C@H]12. The van der Waals surface area contributed by atoms with Gasteiger partial charge in [-0.3, -0.25) is 4.79 Å². The van der Waals surface area contributed by atoms with Gasteiger partial charge in [0.05, 0.1) is 0 Å². The highest BCUT2D eigenvalue weighted by Gasteiger charge is 2.45. The standard InChI is InChI=1S/C6H8N2OS/c7-4-5(9)8-2-1-3-10-6(4)8/h1,3-4,6H,2,7H2/t4?,6-/m1/s1. The molecule has 3 nitrogen and oxygen atoms in total. The number of fused-ring (bicyclic) bond motifs is 1. The minimum atomic E-state index is -0.255. The summed E-state index contributed by atoms with van der Waals surface area (Å²) in [5, 5.41) is 2.23. The number of thioether (sulfide) groups is 1. The average molecular weight is 156 g/mol. The van der Waals surface area contributed by atoms with E-state index in [2.05, 4.69) is 0 Å². The van der Waals surface area contributed by atoms with Crippen molar-refractivity contribution in [2.75, 3.05) is 6.54 Å². The predicted molar refractivity (Wildman–Crippen MR) is 40.2 cm³/mol. The van der Waals surface area contributed by atoms with Gasteiger partial charge in [-0.05, 0) is 5.41 Å². The third-order valence-corrected chi connectivity index (χ3v) is 2.98. The summed E-state index contributed by atoms with van der Waals surface area (Å²) >= 11 is 1.62. The minimum absolute atomic E-state index is 0.0850. The molecule has 0 aromatic carbocycles. The van der Waals surface area contributed by atoms with E-state index in [1.807, 2.05) is 11.5 Å². The van der Waals surface area contributed by atoms with Crippen molar-refractivity contribution < 1.29 is 4.79 Å². The Morgan fingerprint density at radius 2 is 2.60 bits per heavy atom. The predicted octanol–water partition coefficient (Wildman–Crippen LogP) is -0.258. The molecule has 0 radical (unpaired) electrons. The largest absolute Gasteiger partial charge is 0.323 e. The van der Waals surface area contributed by atoms with E-state index >= 15 is 0 Å². The number of amides is 1. The van der Waals surface area contributed by atoms with E-state index in [9.17, 15) is 4.79 Å². The Balaban J connectivity index is 2.15. The van der Waals surface area contributed by atoms with Crippen LogP contribution in [0.15, 0.2) is 11.5 Å². The van der Waals surface area contributed by atoms with E-state index in [1.54, 1.807) is 16.7 Å². The molecule has 2 atom stereocenters. The molecule has 1 unspecified atom stereocenters. The second kappa shape index (κ2) is 2.00. The summed E-state index contributed by atoms with van der Waals surface area (Å²) < 4.78 is 0. The van der Waals surface area contributed by atoms with Crippen molar-refractivity contribution in [2.24, 2.45) is 5.73 Å². The van der Waals surface area contributed by atoms with Gasteiger partial charge in [0.25, 0.3) is 0 Å². The van der Waals surface area contributed by atoms with Crippen molar-refractivity contribution in [3.05, 3.63) is 11.5 Å². The van der Waals surface area contributed by atoms with E-state index in [-0.39, 0.29) is 17.3 Å². The first kappa shape index (κ1) is 6.24. The molecule has 2 heterocycles. The lowest BCUT2D eigenvalue weighted by atomic mass is 10.1. The van der Waals surface area contributed by atoms with Crippen LogP contribution in [0.25, 0.3) is 0 Å². The molecule has 0 saturated carbocycles. The van der Waals surface area contributed by atoms with Gasteiger partial charge in [-0.2, -0.15) is 0 Å². The number of hydrogen-bond donors (Lipinski definition) is 1. The zero-order chi connectivity index (χ0) is 7.14. The number of hydrogen-bond acceptors (Lipinski definition) is 3. The first-order chi connectivity index (χ1) is 4.80. The van der Waals surface area contributed by atoms with Gasteiger partial charge in [0.15, 0.2) is 0 Å². The Bertz CT molecular complexity index is 204. The van der Waals surface area contributed by atoms with Crippen molar-refractivity contribution in [3.63, 3.8) is 0 Å². The van der Waals surface area contributed by atoms with Crippen LogP contribution >= 0.6 is 11.8 Å². The molecule has 0 aromatic heterocycles. The quantitative estimate of drug-likeness (QED) is 0.492. The minimum Gasteiger partial charge on any atom is -0.323 e. The van der Waals surface area contributed by atoms with Crippen LogP contribution in [0.3, 0.4) is 0 Å². The lowest BCUT2D eigenvalue weighted by Gasteiger charge is -2.45. The summed E-state index contributed by atoms with van der Waals surface area (Å²) in [4.78, 5) is 12.7. The second-order valence-corrected chi connectivity index (χ2v) is 3.44. The molecule has 10 heavy (non-hydrogen) atoms. The van der Waals surface area contributed by atoms with Crippen molar-refractivity contribution in [1.29, 1.82) is 0 Å². The Hall–Kier alpha value is -0.480. The van der Waals surface area contributed by atoms with Crippen LogP contribution in [0.5, 0.6) is 0 Å². The maximum atomic E-state index is 10.9. The Kier molecular flexibility index (Phi) is 1.25. The summed E-state index contributed by atoms with van der Waals surface area (Å²) in [5.74, 6) is 0.0850. The number of rotatable bonds is 0. The van der Waals surface area contributed by atoms with E-state index < -0.39 is 0 Å². The van der Waals surface area contributed by atoms with Crippen LogP contribution in [-0.2, 0) is 4.79 Å². The molecule has 2 rings (SSSR count). The summed E-state index contributed by atoms with van der Waals surface area (Å²) in [6, 6.07) is -0.255. The molecule has 1 saturated heterocycles. The molecule has 54 valence electrons. The molecule has 0 spiro atoms. The third kappa shape index (κ3) is 0.630. The smallest absolute Gasteiger partial charge is 0.243 e. The highest BCUT2D eigenvalue weighted by molar-refractivity contribution is 8.02. The summed E-state index contributed by atoms with van der Waals surface area (Å²) in [6.45, 7) is 0.740. The van der Waals surface area contributed by atoms with Gasteiger partial charge in [0.1, 0.15) is 11.4 Å². The van der Waals surface area contributed by atoms with Crippen LogP contribution in [0.4, 0.5) is 0 Å². The highest BCUT2D eigenvalue weighted by Crippen LogP contribution is 2.31. The van der Waals surface area contributed by atoms with Crippen molar-refractivity contribution in [1.82, 2.24) is 4.90 Å². The van der Waals surface area contributed by atoms with Crippen molar-refractivity contribution >= 4 is 17.7 Å². The van der Waals surface area contributed by atoms with Gasteiger partial charge in [0.2, 0.25) is 5.91 Å². The summed E-state index contributed by atoms with van der Waals surface area (Å²) in [5.41, 5.74) is 5.53. The molecule has 2 aliphatic heterocycles. The zero-order valence-electron chi connectivity index (χ0n) is 5.36.